The number of nitrogens with zero attached hydrogens (tertiary/aromatic N) is 1. The topological polar surface area (TPSA) is 20.3 Å². The predicted octanol–water partition coefficient (Wildman–Crippen LogP) is 4.11. The number of hydrogen-bond acceptors (Lipinski definition) is 2. The Kier molecular flexibility index (Phi) is 5.22. The van der Waals surface area contributed by atoms with Crippen molar-refractivity contribution >= 4 is 17.4 Å². The molecule has 2 nitrogen and oxygen atoms in total. The molecule has 0 N–H and O–H groups in total. The lowest BCUT2D eigenvalue weighted by atomic mass is 9.91. The van der Waals surface area contributed by atoms with Crippen LogP contribution in [0.15, 0.2) is 24.3 Å². The van der Waals surface area contributed by atoms with Gasteiger partial charge in [0.1, 0.15) is 0 Å². The highest BCUT2D eigenvalue weighted by molar-refractivity contribution is 6.31. The Balaban J connectivity index is 2.08. The van der Waals surface area contributed by atoms with Crippen LogP contribution in [0.4, 0.5) is 0 Å². The van der Waals surface area contributed by atoms with Gasteiger partial charge in [0.05, 0.1) is 5.54 Å². The monoisotopic (exact) mass is 293 g/mol. The number of carbonyl (C=O) groups excluding carboxylic acids is 1. The number of ketones is 1. The van der Waals surface area contributed by atoms with Gasteiger partial charge in [0.25, 0.3) is 0 Å². The molecule has 110 valence electrons. The zero-order valence-corrected chi connectivity index (χ0v) is 13.2. The largest absolute Gasteiger partial charge is 0.297 e. The van der Waals surface area contributed by atoms with Crippen molar-refractivity contribution in [3.8, 4) is 0 Å². The van der Waals surface area contributed by atoms with E-state index < -0.39 is 5.54 Å². The highest BCUT2D eigenvalue weighted by Crippen LogP contribution is 2.24. The Hall–Kier alpha value is -0.860. The van der Waals surface area contributed by atoms with Gasteiger partial charge >= 0.3 is 0 Å². The number of rotatable bonds is 4. The summed E-state index contributed by atoms with van der Waals surface area (Å²) < 4.78 is 0. The second kappa shape index (κ2) is 6.73. The van der Waals surface area contributed by atoms with Gasteiger partial charge in [-0.05, 0) is 51.4 Å². The Morgan fingerprint density at radius 3 is 2.35 bits per heavy atom. The summed E-state index contributed by atoms with van der Waals surface area (Å²) >= 11 is 6.16. The molecular formula is C17H24ClNO. The lowest BCUT2D eigenvalue weighted by Crippen LogP contribution is -2.51. The molecule has 0 radical (unpaired) electrons. The van der Waals surface area contributed by atoms with Gasteiger partial charge in [-0.25, -0.2) is 0 Å². The van der Waals surface area contributed by atoms with E-state index >= 15 is 0 Å². The standard InChI is InChI=1S/C17H24ClNO/c1-17(2,19-11-7-3-4-8-12-19)16(20)13-14-9-5-6-10-15(14)18/h5-6,9-10H,3-4,7-8,11-13H2,1-2H3. The molecule has 0 aliphatic carbocycles. The quantitative estimate of drug-likeness (QED) is 0.833. The molecule has 1 aromatic carbocycles. The summed E-state index contributed by atoms with van der Waals surface area (Å²) in [5.74, 6) is 0.257. The summed E-state index contributed by atoms with van der Waals surface area (Å²) in [5, 5.41) is 0.688. The highest BCUT2D eigenvalue weighted by Gasteiger charge is 2.34. The van der Waals surface area contributed by atoms with E-state index in [0.717, 1.165) is 18.7 Å². The highest BCUT2D eigenvalue weighted by atomic mass is 35.5. The maximum atomic E-state index is 12.7. The van der Waals surface area contributed by atoms with E-state index in [1.54, 1.807) is 0 Å². The van der Waals surface area contributed by atoms with E-state index in [-0.39, 0.29) is 5.78 Å². The van der Waals surface area contributed by atoms with Crippen LogP contribution >= 0.6 is 11.6 Å². The SMILES string of the molecule is CC(C)(C(=O)Cc1ccccc1Cl)N1CCCCCC1. The van der Waals surface area contributed by atoms with E-state index in [1.807, 2.05) is 24.3 Å². The molecule has 0 amide bonds. The Morgan fingerprint density at radius 2 is 1.75 bits per heavy atom. The smallest absolute Gasteiger partial charge is 0.156 e. The third kappa shape index (κ3) is 3.62. The molecule has 0 unspecified atom stereocenters. The van der Waals surface area contributed by atoms with Crippen LogP contribution in [0.1, 0.15) is 45.1 Å². The zero-order chi connectivity index (χ0) is 14.6. The van der Waals surface area contributed by atoms with E-state index in [1.165, 1.54) is 25.7 Å². The van der Waals surface area contributed by atoms with Gasteiger partial charge < -0.3 is 0 Å². The summed E-state index contributed by atoms with van der Waals surface area (Å²) in [6.07, 6.45) is 5.38. The maximum Gasteiger partial charge on any atom is 0.156 e. The van der Waals surface area contributed by atoms with Gasteiger partial charge in [-0.2, -0.15) is 0 Å². The normalized spacial score (nSPS) is 17.8. The molecule has 0 saturated carbocycles. The van der Waals surface area contributed by atoms with E-state index in [9.17, 15) is 4.79 Å². The lowest BCUT2D eigenvalue weighted by Gasteiger charge is -2.36. The minimum Gasteiger partial charge on any atom is -0.297 e. The lowest BCUT2D eigenvalue weighted by molar-refractivity contribution is -0.128. The number of benzene rings is 1. The van der Waals surface area contributed by atoms with Crippen molar-refractivity contribution in [2.24, 2.45) is 0 Å². The summed E-state index contributed by atoms with van der Waals surface area (Å²) in [7, 11) is 0. The van der Waals surface area contributed by atoms with Crippen LogP contribution < -0.4 is 0 Å². The number of carbonyl (C=O) groups is 1. The van der Waals surface area contributed by atoms with Gasteiger partial charge in [0, 0.05) is 11.4 Å². The third-order valence-corrected chi connectivity index (χ3v) is 4.76. The van der Waals surface area contributed by atoms with Gasteiger partial charge in [-0.15, -0.1) is 0 Å². The third-order valence-electron chi connectivity index (χ3n) is 4.39. The first-order valence-corrected chi connectivity index (χ1v) is 7.91. The van der Waals surface area contributed by atoms with Crippen LogP contribution in [0.5, 0.6) is 0 Å². The number of hydrogen-bond donors (Lipinski definition) is 0. The summed E-state index contributed by atoms with van der Waals surface area (Å²) in [6, 6.07) is 7.63. The molecular weight excluding hydrogens is 270 g/mol. The Labute approximate surface area is 127 Å². The van der Waals surface area contributed by atoms with Crippen LogP contribution in [0, 0.1) is 0 Å². The summed E-state index contributed by atoms with van der Waals surface area (Å²) in [5.41, 5.74) is 0.533. The molecule has 2 rings (SSSR count). The molecule has 1 aromatic rings. The predicted molar refractivity (Wildman–Crippen MR) is 84.3 cm³/mol. The van der Waals surface area contributed by atoms with Crippen molar-refractivity contribution in [1.82, 2.24) is 4.90 Å². The Bertz CT molecular complexity index is 462. The molecule has 3 heteroatoms. The van der Waals surface area contributed by atoms with Crippen molar-refractivity contribution < 1.29 is 4.79 Å². The van der Waals surface area contributed by atoms with E-state index in [0.29, 0.717) is 11.4 Å². The molecule has 0 bridgehead atoms. The maximum absolute atomic E-state index is 12.7. The molecule has 0 aromatic heterocycles. The molecule has 0 atom stereocenters. The fourth-order valence-electron chi connectivity index (χ4n) is 2.84. The first-order chi connectivity index (χ1) is 9.51. The summed E-state index contributed by atoms with van der Waals surface area (Å²) in [6.45, 7) is 6.16. The second-order valence-electron chi connectivity index (χ2n) is 6.15. The average Bonchev–Trinajstić information content (AvgIpc) is 2.70. The number of Topliss-reactive ketones (excluding diaryl/α,β-unsaturated/α-hetero) is 1. The molecule has 20 heavy (non-hydrogen) atoms. The van der Waals surface area contributed by atoms with Crippen molar-refractivity contribution in [1.29, 1.82) is 0 Å². The average molecular weight is 294 g/mol. The van der Waals surface area contributed by atoms with Crippen molar-refractivity contribution in [2.45, 2.75) is 51.5 Å². The molecule has 0 spiro atoms. The molecule has 1 aliphatic rings. The summed E-state index contributed by atoms with van der Waals surface area (Å²) in [4.78, 5) is 15.0. The molecule has 1 heterocycles. The first kappa shape index (κ1) is 15.5. The van der Waals surface area contributed by atoms with Gasteiger partial charge in [0.15, 0.2) is 5.78 Å². The van der Waals surface area contributed by atoms with Crippen LogP contribution in [0.25, 0.3) is 0 Å². The van der Waals surface area contributed by atoms with Gasteiger partial charge in [0.2, 0.25) is 0 Å². The van der Waals surface area contributed by atoms with Crippen LogP contribution in [-0.2, 0) is 11.2 Å². The van der Waals surface area contributed by atoms with Crippen LogP contribution in [0.3, 0.4) is 0 Å². The Morgan fingerprint density at radius 1 is 1.15 bits per heavy atom. The van der Waals surface area contributed by atoms with Crippen molar-refractivity contribution in [3.63, 3.8) is 0 Å². The zero-order valence-electron chi connectivity index (χ0n) is 12.5. The number of likely N-dealkylation sites (tertiary alicyclic amines) is 1. The van der Waals surface area contributed by atoms with Gasteiger partial charge in [-0.3, -0.25) is 9.69 Å². The molecule has 1 fully saturated rings. The fraction of sp³-hybridized carbons (Fsp3) is 0.588. The van der Waals surface area contributed by atoms with E-state index in [2.05, 4.69) is 18.7 Å². The second-order valence-corrected chi connectivity index (χ2v) is 6.56. The van der Waals surface area contributed by atoms with Gasteiger partial charge in [-0.1, -0.05) is 42.6 Å². The minimum atomic E-state index is -0.399. The van der Waals surface area contributed by atoms with Crippen molar-refractivity contribution in [3.05, 3.63) is 34.9 Å². The molecule has 1 saturated heterocycles. The molecule has 1 aliphatic heterocycles. The minimum absolute atomic E-state index is 0.257. The first-order valence-electron chi connectivity index (χ1n) is 7.53. The fourth-order valence-corrected chi connectivity index (χ4v) is 3.04. The van der Waals surface area contributed by atoms with Crippen LogP contribution in [0.2, 0.25) is 5.02 Å². The number of halogens is 1. The van der Waals surface area contributed by atoms with Crippen LogP contribution in [-0.4, -0.2) is 29.3 Å². The van der Waals surface area contributed by atoms with Crippen molar-refractivity contribution in [2.75, 3.05) is 13.1 Å². The van der Waals surface area contributed by atoms with E-state index in [4.69, 9.17) is 11.6 Å².